The molecule has 1 saturated heterocycles. The van der Waals surface area contributed by atoms with Gasteiger partial charge in [-0.2, -0.15) is 0 Å². The third-order valence-electron chi connectivity index (χ3n) is 4.03. The molecule has 1 atom stereocenters. The molecule has 6 heteroatoms. The molecule has 3 N–H and O–H groups in total. The van der Waals surface area contributed by atoms with E-state index in [0.29, 0.717) is 17.5 Å². The normalized spacial score (nSPS) is 23.2. The molecule has 2 aliphatic rings. The van der Waals surface area contributed by atoms with E-state index < -0.39 is 10.0 Å². The minimum Gasteiger partial charge on any atom is -0.367 e. The number of hydrogen-bond donors (Lipinski definition) is 2. The summed E-state index contributed by atoms with van der Waals surface area (Å²) < 4.78 is 26.9. The van der Waals surface area contributed by atoms with E-state index >= 15 is 0 Å². The van der Waals surface area contributed by atoms with Crippen LogP contribution >= 0.6 is 0 Å². The predicted molar refractivity (Wildman–Crippen MR) is 79.2 cm³/mol. The lowest BCUT2D eigenvalue weighted by Crippen LogP contribution is -2.35. The standard InChI is InChI=1S/C14H21N3O2S/c15-10-13-2-1-9-17(13)12-5-7-14(8-6-12)20(18,19)16-11-3-4-11/h5-8,11,13,16H,1-4,9-10,15H2. The lowest BCUT2D eigenvalue weighted by atomic mass is 10.2. The highest BCUT2D eigenvalue weighted by atomic mass is 32.2. The summed E-state index contributed by atoms with van der Waals surface area (Å²) >= 11 is 0. The van der Waals surface area contributed by atoms with E-state index in [1.165, 1.54) is 0 Å². The van der Waals surface area contributed by atoms with Gasteiger partial charge >= 0.3 is 0 Å². The number of benzene rings is 1. The van der Waals surface area contributed by atoms with E-state index in [0.717, 1.165) is 37.9 Å². The Hall–Kier alpha value is -1.11. The number of sulfonamides is 1. The molecule has 0 spiro atoms. The van der Waals surface area contributed by atoms with E-state index in [4.69, 9.17) is 5.73 Å². The van der Waals surface area contributed by atoms with Gasteiger partial charge in [0, 0.05) is 30.9 Å². The zero-order chi connectivity index (χ0) is 14.2. The van der Waals surface area contributed by atoms with Gasteiger partial charge in [0.05, 0.1) is 4.90 Å². The smallest absolute Gasteiger partial charge is 0.240 e. The average Bonchev–Trinajstić information content (AvgIpc) is 3.11. The minimum atomic E-state index is -3.35. The molecule has 1 aromatic rings. The summed E-state index contributed by atoms with van der Waals surface area (Å²) in [7, 11) is -3.35. The molecule has 3 rings (SSSR count). The van der Waals surface area contributed by atoms with Gasteiger partial charge in [0.2, 0.25) is 10.0 Å². The van der Waals surface area contributed by atoms with Crippen molar-refractivity contribution in [3.63, 3.8) is 0 Å². The van der Waals surface area contributed by atoms with Crippen LogP contribution in [0.3, 0.4) is 0 Å². The molecule has 0 radical (unpaired) electrons. The molecule has 1 heterocycles. The Morgan fingerprint density at radius 3 is 2.50 bits per heavy atom. The Balaban J connectivity index is 1.77. The Kier molecular flexibility index (Phi) is 3.70. The second kappa shape index (κ2) is 5.35. The fraction of sp³-hybridized carbons (Fsp3) is 0.571. The number of rotatable bonds is 5. The van der Waals surface area contributed by atoms with Crippen LogP contribution in [0.15, 0.2) is 29.2 Å². The van der Waals surface area contributed by atoms with E-state index in [1.54, 1.807) is 12.1 Å². The highest BCUT2D eigenvalue weighted by Gasteiger charge is 2.28. The number of anilines is 1. The summed E-state index contributed by atoms with van der Waals surface area (Å²) in [5.74, 6) is 0. The number of nitrogens with two attached hydrogens (primary N) is 1. The molecule has 2 fully saturated rings. The summed E-state index contributed by atoms with van der Waals surface area (Å²) in [6, 6.07) is 7.66. The SMILES string of the molecule is NCC1CCCN1c1ccc(S(=O)(=O)NC2CC2)cc1. The lowest BCUT2D eigenvalue weighted by molar-refractivity contribution is 0.581. The van der Waals surface area contributed by atoms with Crippen LogP contribution in [0, 0.1) is 0 Å². The Morgan fingerprint density at radius 2 is 1.90 bits per heavy atom. The molecule has 1 aromatic carbocycles. The Morgan fingerprint density at radius 1 is 1.20 bits per heavy atom. The molecule has 1 saturated carbocycles. The number of nitrogens with one attached hydrogen (secondary N) is 1. The van der Waals surface area contributed by atoms with Crippen molar-refractivity contribution in [3.8, 4) is 0 Å². The largest absolute Gasteiger partial charge is 0.367 e. The maximum absolute atomic E-state index is 12.1. The molecular weight excluding hydrogens is 274 g/mol. The molecular formula is C14H21N3O2S. The van der Waals surface area contributed by atoms with E-state index in [2.05, 4.69) is 9.62 Å². The maximum atomic E-state index is 12.1. The van der Waals surface area contributed by atoms with Crippen molar-refractivity contribution in [1.82, 2.24) is 4.72 Å². The van der Waals surface area contributed by atoms with Crippen LogP contribution in [0.2, 0.25) is 0 Å². The summed E-state index contributed by atoms with van der Waals surface area (Å²) in [6.07, 6.45) is 4.15. The van der Waals surface area contributed by atoms with Gasteiger partial charge in [-0.25, -0.2) is 13.1 Å². The van der Waals surface area contributed by atoms with Gasteiger partial charge < -0.3 is 10.6 Å². The van der Waals surface area contributed by atoms with Gasteiger partial charge in [-0.15, -0.1) is 0 Å². The Bertz CT molecular complexity index is 567. The van der Waals surface area contributed by atoms with Crippen molar-refractivity contribution in [2.45, 2.75) is 42.7 Å². The predicted octanol–water partition coefficient (Wildman–Crippen LogP) is 1.05. The first kappa shape index (κ1) is 13.9. The van der Waals surface area contributed by atoms with Gasteiger partial charge in [0.25, 0.3) is 0 Å². The van der Waals surface area contributed by atoms with Gasteiger partial charge in [0.1, 0.15) is 0 Å². The second-order valence-electron chi connectivity index (χ2n) is 5.61. The molecule has 20 heavy (non-hydrogen) atoms. The Labute approximate surface area is 120 Å². The highest BCUT2D eigenvalue weighted by Crippen LogP contribution is 2.27. The first-order valence-electron chi connectivity index (χ1n) is 7.19. The molecule has 1 unspecified atom stereocenters. The molecule has 0 amide bonds. The van der Waals surface area contributed by atoms with Crippen LogP contribution in [-0.4, -0.2) is 33.6 Å². The van der Waals surface area contributed by atoms with Crippen molar-refractivity contribution in [2.75, 3.05) is 18.0 Å². The van der Waals surface area contributed by atoms with Crippen molar-refractivity contribution < 1.29 is 8.42 Å². The van der Waals surface area contributed by atoms with E-state index in [9.17, 15) is 8.42 Å². The van der Waals surface area contributed by atoms with Crippen molar-refractivity contribution >= 4 is 15.7 Å². The molecule has 0 bridgehead atoms. The van der Waals surface area contributed by atoms with Crippen LogP contribution in [0.4, 0.5) is 5.69 Å². The van der Waals surface area contributed by atoms with Crippen molar-refractivity contribution in [1.29, 1.82) is 0 Å². The zero-order valence-electron chi connectivity index (χ0n) is 11.5. The van der Waals surface area contributed by atoms with Crippen LogP contribution in [-0.2, 0) is 10.0 Å². The first-order chi connectivity index (χ1) is 9.60. The monoisotopic (exact) mass is 295 g/mol. The summed E-state index contributed by atoms with van der Waals surface area (Å²) in [4.78, 5) is 2.61. The van der Waals surface area contributed by atoms with Gasteiger partial charge in [0.15, 0.2) is 0 Å². The number of hydrogen-bond acceptors (Lipinski definition) is 4. The topological polar surface area (TPSA) is 75.4 Å². The van der Waals surface area contributed by atoms with Crippen LogP contribution in [0.5, 0.6) is 0 Å². The molecule has 1 aliphatic heterocycles. The lowest BCUT2D eigenvalue weighted by Gasteiger charge is -2.25. The minimum absolute atomic E-state index is 0.139. The van der Waals surface area contributed by atoms with Crippen LogP contribution < -0.4 is 15.4 Å². The summed E-state index contributed by atoms with van der Waals surface area (Å²) in [5, 5.41) is 0. The van der Waals surface area contributed by atoms with Crippen LogP contribution in [0.1, 0.15) is 25.7 Å². The number of nitrogens with zero attached hydrogens (tertiary/aromatic N) is 1. The molecule has 110 valence electrons. The fourth-order valence-electron chi connectivity index (χ4n) is 2.73. The molecule has 1 aliphatic carbocycles. The van der Waals surface area contributed by atoms with Gasteiger partial charge in [-0.05, 0) is 49.9 Å². The maximum Gasteiger partial charge on any atom is 0.240 e. The molecule has 5 nitrogen and oxygen atoms in total. The van der Waals surface area contributed by atoms with Gasteiger partial charge in [-0.3, -0.25) is 0 Å². The molecule has 0 aromatic heterocycles. The van der Waals surface area contributed by atoms with E-state index in [1.807, 2.05) is 12.1 Å². The first-order valence-corrected chi connectivity index (χ1v) is 8.67. The third-order valence-corrected chi connectivity index (χ3v) is 5.56. The van der Waals surface area contributed by atoms with Gasteiger partial charge in [-0.1, -0.05) is 0 Å². The van der Waals surface area contributed by atoms with Crippen LogP contribution in [0.25, 0.3) is 0 Å². The zero-order valence-corrected chi connectivity index (χ0v) is 12.3. The van der Waals surface area contributed by atoms with E-state index in [-0.39, 0.29) is 6.04 Å². The second-order valence-corrected chi connectivity index (χ2v) is 7.33. The fourth-order valence-corrected chi connectivity index (χ4v) is 4.03. The highest BCUT2D eigenvalue weighted by molar-refractivity contribution is 7.89. The third kappa shape index (κ3) is 2.82. The van der Waals surface area contributed by atoms with Crippen molar-refractivity contribution in [3.05, 3.63) is 24.3 Å². The summed E-state index contributed by atoms with van der Waals surface area (Å²) in [5.41, 5.74) is 6.83. The average molecular weight is 295 g/mol. The summed E-state index contributed by atoms with van der Waals surface area (Å²) in [6.45, 7) is 1.64. The van der Waals surface area contributed by atoms with Crippen molar-refractivity contribution in [2.24, 2.45) is 5.73 Å². The quantitative estimate of drug-likeness (QED) is 0.851.